The number of anilines is 1. The van der Waals surface area contributed by atoms with Gasteiger partial charge in [-0.05, 0) is 49.1 Å². The second-order valence-electron chi connectivity index (χ2n) is 10.8. The van der Waals surface area contributed by atoms with Gasteiger partial charge >= 0.3 is 0 Å². The highest BCUT2D eigenvalue weighted by atomic mass is 35.5. The number of halogens is 1. The summed E-state index contributed by atoms with van der Waals surface area (Å²) in [5, 5.41) is 5.67. The second kappa shape index (κ2) is 10.2. The molecular formula is C29H33ClN4O2S. The van der Waals surface area contributed by atoms with E-state index in [-0.39, 0.29) is 34.8 Å². The Hall–Kier alpha value is -2.77. The van der Waals surface area contributed by atoms with Crippen molar-refractivity contribution in [1.29, 1.82) is 0 Å². The van der Waals surface area contributed by atoms with Crippen molar-refractivity contribution in [3.05, 3.63) is 75.9 Å². The van der Waals surface area contributed by atoms with Gasteiger partial charge in [-0.3, -0.25) is 14.5 Å². The molecule has 1 saturated heterocycles. The molecule has 1 aromatic heterocycles. The van der Waals surface area contributed by atoms with Crippen molar-refractivity contribution in [2.75, 3.05) is 30.3 Å². The number of fused-ring (bicyclic) bond motifs is 1. The lowest BCUT2D eigenvalue weighted by Crippen LogP contribution is -2.43. The van der Waals surface area contributed by atoms with E-state index in [9.17, 15) is 9.59 Å². The van der Waals surface area contributed by atoms with Gasteiger partial charge in [0, 0.05) is 29.1 Å². The number of nitrogens with zero attached hydrogens (tertiary/aromatic N) is 4. The van der Waals surface area contributed by atoms with Crippen molar-refractivity contribution in [2.24, 2.45) is 0 Å². The van der Waals surface area contributed by atoms with Crippen LogP contribution in [0.5, 0.6) is 0 Å². The minimum absolute atomic E-state index is 0.00974. The van der Waals surface area contributed by atoms with Gasteiger partial charge in [-0.2, -0.15) is 5.10 Å². The molecule has 0 N–H and O–H groups in total. The highest BCUT2D eigenvalue weighted by Crippen LogP contribution is 2.48. The number of carbonyl (C=O) groups is 2. The Morgan fingerprint density at radius 1 is 1.11 bits per heavy atom. The third-order valence-corrected chi connectivity index (χ3v) is 8.54. The van der Waals surface area contributed by atoms with Gasteiger partial charge in [0.15, 0.2) is 0 Å². The molecule has 2 aromatic carbocycles. The summed E-state index contributed by atoms with van der Waals surface area (Å²) in [6, 6.07) is 15.9. The fourth-order valence-corrected chi connectivity index (χ4v) is 6.56. The summed E-state index contributed by atoms with van der Waals surface area (Å²) in [6.07, 6.45) is 2.01. The maximum atomic E-state index is 13.8. The highest BCUT2D eigenvalue weighted by Gasteiger charge is 2.40. The standard InChI is InChI=1S/C29H33ClN4O2S/c1-19-10-5-6-13-22(19)34-28-25(27(31-34)29(2,3)4)26(20-11-9-12-21(30)16-20)37-18-24(36)33(28)17-23(35)32-14-7-8-15-32/h5-6,9-13,16,26H,7-8,14-15,17-18H2,1-4H3. The number of aryl methyl sites for hydroxylation is 1. The van der Waals surface area contributed by atoms with Crippen LogP contribution in [0, 0.1) is 6.92 Å². The molecule has 6 nitrogen and oxygen atoms in total. The largest absolute Gasteiger partial charge is 0.341 e. The Labute approximate surface area is 228 Å². The number of benzene rings is 2. The lowest BCUT2D eigenvalue weighted by molar-refractivity contribution is -0.130. The molecule has 0 radical (unpaired) electrons. The van der Waals surface area contributed by atoms with E-state index in [1.165, 1.54) is 0 Å². The number of para-hydroxylation sites is 1. The van der Waals surface area contributed by atoms with Crippen LogP contribution in [0.15, 0.2) is 48.5 Å². The Morgan fingerprint density at radius 3 is 2.51 bits per heavy atom. The predicted octanol–water partition coefficient (Wildman–Crippen LogP) is 5.92. The number of thioether (sulfide) groups is 1. The molecule has 3 aromatic rings. The number of hydrogen-bond acceptors (Lipinski definition) is 4. The number of rotatable bonds is 4. The zero-order valence-electron chi connectivity index (χ0n) is 21.8. The van der Waals surface area contributed by atoms with E-state index in [4.69, 9.17) is 16.7 Å². The normalized spacial score (nSPS) is 18.2. The van der Waals surface area contributed by atoms with Crippen LogP contribution < -0.4 is 4.90 Å². The Kier molecular flexibility index (Phi) is 7.12. The summed E-state index contributed by atoms with van der Waals surface area (Å²) in [5.74, 6) is 0.847. The van der Waals surface area contributed by atoms with E-state index in [1.807, 2.05) is 59.0 Å². The average molecular weight is 537 g/mol. The lowest BCUT2D eigenvalue weighted by atomic mass is 9.87. The van der Waals surface area contributed by atoms with Gasteiger partial charge in [0.1, 0.15) is 12.4 Å². The van der Waals surface area contributed by atoms with Crippen LogP contribution >= 0.6 is 23.4 Å². The highest BCUT2D eigenvalue weighted by molar-refractivity contribution is 8.00. The van der Waals surface area contributed by atoms with Gasteiger partial charge in [-0.1, -0.05) is 62.7 Å². The van der Waals surface area contributed by atoms with Crippen LogP contribution in [0.2, 0.25) is 5.02 Å². The van der Waals surface area contributed by atoms with Gasteiger partial charge in [0.25, 0.3) is 0 Å². The molecule has 0 saturated carbocycles. The van der Waals surface area contributed by atoms with Crippen LogP contribution in [0.3, 0.4) is 0 Å². The second-order valence-corrected chi connectivity index (χ2v) is 12.4. The molecule has 37 heavy (non-hydrogen) atoms. The summed E-state index contributed by atoms with van der Waals surface area (Å²) in [5.41, 5.74) is 4.56. The molecule has 2 amide bonds. The lowest BCUT2D eigenvalue weighted by Gasteiger charge is -2.26. The third kappa shape index (κ3) is 5.04. The van der Waals surface area contributed by atoms with Crippen molar-refractivity contribution >= 4 is 41.0 Å². The van der Waals surface area contributed by atoms with Crippen molar-refractivity contribution in [1.82, 2.24) is 14.7 Å². The predicted molar refractivity (Wildman–Crippen MR) is 151 cm³/mol. The maximum Gasteiger partial charge on any atom is 0.242 e. The third-order valence-electron chi connectivity index (χ3n) is 7.05. The Morgan fingerprint density at radius 2 is 1.84 bits per heavy atom. The monoisotopic (exact) mass is 536 g/mol. The molecular weight excluding hydrogens is 504 g/mol. The fraction of sp³-hybridized carbons (Fsp3) is 0.414. The minimum Gasteiger partial charge on any atom is -0.341 e. The SMILES string of the molecule is Cc1ccccc1-n1nc(C(C)(C)C)c2c1N(CC(=O)N1CCCC1)C(=O)CSC2c1cccc(Cl)c1. The Bertz CT molecular complexity index is 1340. The van der Waals surface area contributed by atoms with Gasteiger partial charge in [-0.15, -0.1) is 11.8 Å². The van der Waals surface area contributed by atoms with Crippen LogP contribution in [0.25, 0.3) is 5.69 Å². The molecule has 0 aliphatic carbocycles. The van der Waals surface area contributed by atoms with Crippen LogP contribution in [0.4, 0.5) is 5.82 Å². The molecule has 1 atom stereocenters. The van der Waals surface area contributed by atoms with Crippen molar-refractivity contribution in [3.8, 4) is 5.69 Å². The first-order valence-corrected chi connectivity index (χ1v) is 14.2. The summed E-state index contributed by atoms with van der Waals surface area (Å²) < 4.78 is 1.89. The first kappa shape index (κ1) is 25.9. The molecule has 3 heterocycles. The number of amides is 2. The van der Waals surface area contributed by atoms with Crippen molar-refractivity contribution < 1.29 is 9.59 Å². The van der Waals surface area contributed by atoms with Gasteiger partial charge in [0.2, 0.25) is 11.8 Å². The molecule has 0 bridgehead atoms. The molecule has 0 spiro atoms. The summed E-state index contributed by atoms with van der Waals surface area (Å²) in [4.78, 5) is 30.7. The molecule has 2 aliphatic rings. The summed E-state index contributed by atoms with van der Waals surface area (Å²) in [6.45, 7) is 9.98. The van der Waals surface area contributed by atoms with Crippen LogP contribution in [-0.2, 0) is 15.0 Å². The van der Waals surface area contributed by atoms with Gasteiger partial charge < -0.3 is 4.90 Å². The van der Waals surface area contributed by atoms with Crippen molar-refractivity contribution in [2.45, 2.75) is 51.2 Å². The van der Waals surface area contributed by atoms with E-state index in [0.29, 0.717) is 10.8 Å². The number of carbonyl (C=O) groups excluding carboxylic acids is 2. The quantitative estimate of drug-likeness (QED) is 0.415. The summed E-state index contributed by atoms with van der Waals surface area (Å²) >= 11 is 8.00. The van der Waals surface area contributed by atoms with Crippen molar-refractivity contribution in [3.63, 3.8) is 0 Å². The van der Waals surface area contributed by atoms with Crippen LogP contribution in [0.1, 0.15) is 61.2 Å². The number of aromatic nitrogens is 2. The minimum atomic E-state index is -0.298. The smallest absolute Gasteiger partial charge is 0.242 e. The summed E-state index contributed by atoms with van der Waals surface area (Å²) in [7, 11) is 0. The molecule has 2 aliphatic heterocycles. The molecule has 5 rings (SSSR count). The first-order valence-electron chi connectivity index (χ1n) is 12.8. The average Bonchev–Trinajstić information content (AvgIpc) is 3.49. The van der Waals surface area contributed by atoms with Gasteiger partial charge in [0.05, 0.1) is 22.4 Å². The van der Waals surface area contributed by atoms with E-state index in [1.54, 1.807) is 16.7 Å². The fourth-order valence-electron chi connectivity index (χ4n) is 5.18. The molecule has 8 heteroatoms. The van der Waals surface area contributed by atoms with Gasteiger partial charge in [-0.25, -0.2) is 4.68 Å². The van der Waals surface area contributed by atoms with E-state index in [2.05, 4.69) is 26.8 Å². The first-order chi connectivity index (χ1) is 17.6. The number of likely N-dealkylation sites (tertiary alicyclic amines) is 1. The zero-order valence-corrected chi connectivity index (χ0v) is 23.4. The van der Waals surface area contributed by atoms with E-state index >= 15 is 0 Å². The molecule has 1 unspecified atom stereocenters. The zero-order chi connectivity index (χ0) is 26.3. The maximum absolute atomic E-state index is 13.8. The van der Waals surface area contributed by atoms with Crippen LogP contribution in [-0.4, -0.2) is 51.9 Å². The number of hydrogen-bond donors (Lipinski definition) is 0. The topological polar surface area (TPSA) is 58.4 Å². The molecule has 1 fully saturated rings. The Balaban J connectivity index is 1.77. The van der Waals surface area contributed by atoms with E-state index < -0.39 is 0 Å². The molecule has 194 valence electrons. The van der Waals surface area contributed by atoms with E-state index in [0.717, 1.165) is 54.0 Å².